The lowest BCUT2D eigenvalue weighted by Gasteiger charge is -2.59. The number of carbonyl (C=O) groups excluding carboxylic acids is 1. The van der Waals surface area contributed by atoms with E-state index in [2.05, 4.69) is 40.3 Å². The van der Waals surface area contributed by atoms with Crippen molar-refractivity contribution in [2.45, 2.75) is 77.4 Å². The molecule has 0 atom stereocenters. The van der Waals surface area contributed by atoms with Gasteiger partial charge in [0.1, 0.15) is 0 Å². The number of hydrogen-bond donors (Lipinski definition) is 3. The van der Waals surface area contributed by atoms with Crippen molar-refractivity contribution in [1.82, 2.24) is 10.3 Å². The standard InChI is InChI=1S/C28H36N4O2/c1-3-32(21-15-28(16-21)13-20(29)14-28)25-11-7-10-23-22(25)9-6-4-5-8-19-12-18(2)31-27(34)24(19)17-30-26(23)33/h4,6-7,10-12,20-21H,3,5,8-9,13-17,29H2,1-2H3,(H,30,33)(H,31,34)/b6-4-. The molecule has 1 aliphatic heterocycles. The lowest BCUT2D eigenvalue weighted by Crippen LogP contribution is -2.60. The Morgan fingerprint density at radius 2 is 1.91 bits per heavy atom. The van der Waals surface area contributed by atoms with Crippen LogP contribution in [0.4, 0.5) is 5.69 Å². The molecule has 1 spiro atoms. The van der Waals surface area contributed by atoms with Crippen LogP contribution in [0.5, 0.6) is 0 Å². The molecule has 2 aliphatic carbocycles. The molecular formula is C28H36N4O2. The zero-order chi connectivity index (χ0) is 23.9. The highest BCUT2D eigenvalue weighted by Gasteiger charge is 2.53. The first kappa shape index (κ1) is 22.9. The number of H-pyrrole nitrogens is 1. The number of hydrogen-bond acceptors (Lipinski definition) is 4. The van der Waals surface area contributed by atoms with Gasteiger partial charge in [0.25, 0.3) is 11.5 Å². The number of nitrogens with zero attached hydrogens (tertiary/aromatic N) is 1. The number of aromatic nitrogens is 1. The lowest BCUT2D eigenvalue weighted by molar-refractivity contribution is -0.00791. The van der Waals surface area contributed by atoms with E-state index in [1.165, 1.54) is 12.8 Å². The van der Waals surface area contributed by atoms with E-state index in [1.54, 1.807) is 0 Å². The topological polar surface area (TPSA) is 91.2 Å². The van der Waals surface area contributed by atoms with Crippen molar-refractivity contribution in [3.8, 4) is 0 Å². The van der Waals surface area contributed by atoms with E-state index in [4.69, 9.17) is 5.73 Å². The summed E-state index contributed by atoms with van der Waals surface area (Å²) in [4.78, 5) is 31.3. The fourth-order valence-electron chi connectivity index (χ4n) is 6.47. The summed E-state index contributed by atoms with van der Waals surface area (Å²) in [6, 6.07) is 8.97. The number of nitrogens with one attached hydrogen (secondary N) is 2. The third-order valence-corrected chi connectivity index (χ3v) is 8.07. The van der Waals surface area contributed by atoms with Crippen LogP contribution in [0.15, 0.2) is 41.2 Å². The lowest BCUT2D eigenvalue weighted by atomic mass is 9.52. The van der Waals surface area contributed by atoms with Crippen molar-refractivity contribution in [3.05, 3.63) is 74.7 Å². The Morgan fingerprint density at radius 3 is 2.65 bits per heavy atom. The summed E-state index contributed by atoms with van der Waals surface area (Å²) in [6.07, 6.45) is 11.4. The monoisotopic (exact) mass is 460 g/mol. The van der Waals surface area contributed by atoms with Gasteiger partial charge in [-0.2, -0.15) is 0 Å². The summed E-state index contributed by atoms with van der Waals surface area (Å²) in [5.41, 5.74) is 11.9. The Kier molecular flexibility index (Phi) is 6.11. The third kappa shape index (κ3) is 4.20. The van der Waals surface area contributed by atoms with Crippen molar-refractivity contribution < 1.29 is 4.79 Å². The molecule has 0 saturated heterocycles. The highest BCUT2D eigenvalue weighted by atomic mass is 16.1. The highest BCUT2D eigenvalue weighted by molar-refractivity contribution is 5.97. The smallest absolute Gasteiger partial charge is 0.253 e. The van der Waals surface area contributed by atoms with Crippen LogP contribution in [0.25, 0.3) is 0 Å². The van der Waals surface area contributed by atoms with Gasteiger partial charge in [-0.1, -0.05) is 18.2 Å². The Hall–Kier alpha value is -2.86. The molecule has 2 fully saturated rings. The fourth-order valence-corrected chi connectivity index (χ4v) is 6.47. The van der Waals surface area contributed by atoms with Crippen LogP contribution in [0.1, 0.15) is 71.8 Å². The van der Waals surface area contributed by atoms with E-state index >= 15 is 0 Å². The van der Waals surface area contributed by atoms with Crippen LogP contribution in [-0.2, 0) is 19.4 Å². The number of rotatable bonds is 3. The number of allylic oxidation sites excluding steroid dienone is 2. The highest BCUT2D eigenvalue weighted by Crippen LogP contribution is 2.57. The van der Waals surface area contributed by atoms with Gasteiger partial charge in [-0.05, 0) is 93.5 Å². The van der Waals surface area contributed by atoms with E-state index in [0.717, 1.165) is 61.2 Å². The van der Waals surface area contributed by atoms with Crippen molar-refractivity contribution in [1.29, 1.82) is 0 Å². The minimum Gasteiger partial charge on any atom is -0.369 e. The molecule has 5 rings (SSSR count). The number of fused-ring (bicyclic) bond motifs is 2. The first-order valence-electron chi connectivity index (χ1n) is 12.7. The minimum absolute atomic E-state index is 0.114. The Bertz CT molecular complexity index is 1170. The van der Waals surface area contributed by atoms with Gasteiger partial charge in [0.05, 0.1) is 0 Å². The van der Waals surface area contributed by atoms with Crippen LogP contribution in [0.3, 0.4) is 0 Å². The zero-order valence-electron chi connectivity index (χ0n) is 20.3. The van der Waals surface area contributed by atoms with Crippen molar-refractivity contribution in [2.24, 2.45) is 11.1 Å². The zero-order valence-corrected chi connectivity index (χ0v) is 20.3. The second-order valence-electron chi connectivity index (χ2n) is 10.5. The number of pyridine rings is 1. The van der Waals surface area contributed by atoms with E-state index in [-0.39, 0.29) is 18.0 Å². The second kappa shape index (κ2) is 9.06. The van der Waals surface area contributed by atoms with Gasteiger partial charge < -0.3 is 20.9 Å². The molecule has 6 nitrogen and oxygen atoms in total. The molecule has 0 unspecified atom stereocenters. The predicted molar refractivity (Wildman–Crippen MR) is 136 cm³/mol. The summed E-state index contributed by atoms with van der Waals surface area (Å²) in [5.74, 6) is -0.122. The van der Waals surface area contributed by atoms with Gasteiger partial charge in [0.2, 0.25) is 0 Å². The summed E-state index contributed by atoms with van der Waals surface area (Å²) in [5, 5.41) is 3.04. The summed E-state index contributed by atoms with van der Waals surface area (Å²) < 4.78 is 0. The molecule has 1 amide bonds. The average molecular weight is 461 g/mol. The molecule has 1 aromatic carbocycles. The number of aryl methyl sites for hydroxylation is 2. The summed E-state index contributed by atoms with van der Waals surface area (Å²) >= 11 is 0. The van der Waals surface area contributed by atoms with E-state index in [0.29, 0.717) is 28.6 Å². The van der Waals surface area contributed by atoms with Gasteiger partial charge in [0.15, 0.2) is 0 Å². The summed E-state index contributed by atoms with van der Waals surface area (Å²) in [7, 11) is 0. The van der Waals surface area contributed by atoms with Crippen molar-refractivity contribution in [3.63, 3.8) is 0 Å². The molecule has 4 N–H and O–H groups in total. The third-order valence-electron chi connectivity index (χ3n) is 8.07. The maximum atomic E-state index is 13.3. The Morgan fingerprint density at radius 1 is 1.12 bits per heavy atom. The maximum absolute atomic E-state index is 13.3. The van der Waals surface area contributed by atoms with Gasteiger partial charge in [-0.15, -0.1) is 0 Å². The van der Waals surface area contributed by atoms with Crippen molar-refractivity contribution in [2.75, 3.05) is 11.4 Å². The Balaban J connectivity index is 1.44. The number of anilines is 1. The number of nitrogens with two attached hydrogens (primary N) is 1. The number of carbonyl (C=O) groups is 1. The average Bonchev–Trinajstić information content (AvgIpc) is 2.75. The normalized spacial score (nSPS) is 27.2. The number of aromatic amines is 1. The molecule has 0 radical (unpaired) electrons. The number of amides is 1. The molecule has 180 valence electrons. The van der Waals surface area contributed by atoms with Gasteiger partial charge in [-0.25, -0.2) is 0 Å². The van der Waals surface area contributed by atoms with Crippen LogP contribution in [0, 0.1) is 12.3 Å². The molecule has 1 aromatic heterocycles. The van der Waals surface area contributed by atoms with Gasteiger partial charge in [-0.3, -0.25) is 9.59 Å². The Labute approximate surface area is 201 Å². The second-order valence-corrected chi connectivity index (χ2v) is 10.5. The largest absolute Gasteiger partial charge is 0.369 e. The first-order chi connectivity index (χ1) is 16.4. The van der Waals surface area contributed by atoms with E-state index in [1.807, 2.05) is 25.1 Å². The van der Waals surface area contributed by atoms with E-state index in [9.17, 15) is 9.59 Å². The maximum Gasteiger partial charge on any atom is 0.253 e. The van der Waals surface area contributed by atoms with Gasteiger partial charge >= 0.3 is 0 Å². The molecule has 34 heavy (non-hydrogen) atoms. The molecule has 6 heteroatoms. The molecular weight excluding hydrogens is 424 g/mol. The first-order valence-corrected chi connectivity index (χ1v) is 12.7. The predicted octanol–water partition coefficient (Wildman–Crippen LogP) is 3.75. The molecule has 2 aromatic rings. The van der Waals surface area contributed by atoms with E-state index < -0.39 is 0 Å². The fraction of sp³-hybridized carbons (Fsp3) is 0.500. The molecule has 3 aliphatic rings. The van der Waals surface area contributed by atoms with Gasteiger partial charge in [0, 0.05) is 47.7 Å². The van der Waals surface area contributed by atoms with Crippen LogP contribution in [0.2, 0.25) is 0 Å². The molecule has 2 saturated carbocycles. The van der Waals surface area contributed by atoms with Crippen molar-refractivity contribution >= 4 is 11.6 Å². The van der Waals surface area contributed by atoms with Crippen LogP contribution < -0.4 is 21.5 Å². The molecule has 0 bridgehead atoms. The SMILES string of the molecule is CCN(c1cccc2c1C/C=C\CCc1cc(C)[nH]c(=O)c1CNC2=O)C1CC2(CC(N)C2)C1. The minimum atomic E-state index is -0.122. The molecule has 2 heterocycles. The number of benzene rings is 1. The van der Waals surface area contributed by atoms with Crippen LogP contribution in [-0.4, -0.2) is 29.5 Å². The van der Waals surface area contributed by atoms with Crippen LogP contribution >= 0.6 is 0 Å². The summed E-state index contributed by atoms with van der Waals surface area (Å²) in [6.45, 7) is 5.25. The quantitative estimate of drug-likeness (QED) is 0.609.